The molecule has 150 valence electrons. The summed E-state index contributed by atoms with van der Waals surface area (Å²) in [4.78, 5) is 26.8. The molecule has 0 aliphatic carbocycles. The summed E-state index contributed by atoms with van der Waals surface area (Å²) in [5.41, 5.74) is 7.42. The Morgan fingerprint density at radius 1 is 1.11 bits per heavy atom. The van der Waals surface area contributed by atoms with Gasteiger partial charge in [-0.25, -0.2) is 0 Å². The van der Waals surface area contributed by atoms with Crippen molar-refractivity contribution in [1.29, 1.82) is 0 Å². The number of hydrogen-bond donors (Lipinski definition) is 2. The van der Waals surface area contributed by atoms with Crippen LogP contribution in [-0.2, 0) is 9.53 Å². The third-order valence-electron chi connectivity index (χ3n) is 5.55. The highest BCUT2D eigenvalue weighted by Gasteiger charge is 2.27. The first kappa shape index (κ1) is 21.7. The van der Waals surface area contributed by atoms with Gasteiger partial charge < -0.3 is 20.7 Å². The molecular formula is C20H30ClN3O3. The number of benzene rings is 1. The average molecular weight is 396 g/mol. The number of hydrogen-bond acceptors (Lipinski definition) is 4. The molecule has 2 aliphatic rings. The Kier molecular flexibility index (Phi) is 8.07. The molecule has 2 fully saturated rings. The number of rotatable bonds is 4. The van der Waals surface area contributed by atoms with Crippen molar-refractivity contribution in [2.45, 2.75) is 38.6 Å². The van der Waals surface area contributed by atoms with Gasteiger partial charge in [0, 0.05) is 37.6 Å². The third kappa shape index (κ3) is 5.67. The number of amides is 2. The molecule has 3 N–H and O–H groups in total. The minimum absolute atomic E-state index is 0. The van der Waals surface area contributed by atoms with Gasteiger partial charge in [0.25, 0.3) is 5.91 Å². The Hall–Kier alpha value is -1.63. The van der Waals surface area contributed by atoms with Crippen molar-refractivity contribution in [3.8, 4) is 0 Å². The molecule has 0 radical (unpaired) electrons. The highest BCUT2D eigenvalue weighted by Crippen LogP contribution is 2.21. The Morgan fingerprint density at radius 2 is 1.70 bits per heavy atom. The van der Waals surface area contributed by atoms with E-state index in [-0.39, 0.29) is 30.1 Å². The lowest BCUT2D eigenvalue weighted by Crippen LogP contribution is -2.44. The Balaban J connectivity index is 0.00000261. The lowest BCUT2D eigenvalue weighted by atomic mass is 9.92. The number of halogens is 1. The van der Waals surface area contributed by atoms with Gasteiger partial charge in [0.2, 0.25) is 5.91 Å². The second-order valence-corrected chi connectivity index (χ2v) is 7.52. The first-order chi connectivity index (χ1) is 12.5. The van der Waals surface area contributed by atoms with E-state index in [1.165, 1.54) is 0 Å². The molecule has 7 heteroatoms. The van der Waals surface area contributed by atoms with Crippen molar-refractivity contribution in [2.24, 2.45) is 17.6 Å². The molecule has 0 aromatic heterocycles. The zero-order valence-corrected chi connectivity index (χ0v) is 16.7. The smallest absolute Gasteiger partial charge is 0.253 e. The van der Waals surface area contributed by atoms with Crippen LogP contribution in [0.15, 0.2) is 24.3 Å². The molecule has 0 spiro atoms. The molecule has 0 saturated carbocycles. The fourth-order valence-corrected chi connectivity index (χ4v) is 3.60. The maximum atomic E-state index is 12.6. The summed E-state index contributed by atoms with van der Waals surface area (Å²) < 4.78 is 5.32. The number of nitrogens with one attached hydrogen (secondary N) is 1. The maximum absolute atomic E-state index is 12.6. The Labute approximate surface area is 167 Å². The van der Waals surface area contributed by atoms with Gasteiger partial charge in [-0.15, -0.1) is 12.4 Å². The summed E-state index contributed by atoms with van der Waals surface area (Å²) in [5.74, 6) is 0.734. The van der Waals surface area contributed by atoms with Crippen molar-refractivity contribution in [3.63, 3.8) is 0 Å². The first-order valence-corrected chi connectivity index (χ1v) is 9.58. The van der Waals surface area contributed by atoms with E-state index in [9.17, 15) is 9.59 Å². The minimum atomic E-state index is -0.532. The lowest BCUT2D eigenvalue weighted by Gasteiger charge is -2.30. The van der Waals surface area contributed by atoms with E-state index in [2.05, 4.69) is 12.2 Å². The largest absolute Gasteiger partial charge is 0.381 e. The van der Waals surface area contributed by atoms with E-state index >= 15 is 0 Å². The average Bonchev–Trinajstić information content (AvgIpc) is 2.68. The molecule has 1 aromatic carbocycles. The molecule has 27 heavy (non-hydrogen) atoms. The van der Waals surface area contributed by atoms with Gasteiger partial charge in [-0.2, -0.15) is 0 Å². The third-order valence-corrected chi connectivity index (χ3v) is 5.55. The number of carbonyl (C=O) groups excluding carboxylic acids is 2. The van der Waals surface area contributed by atoms with E-state index in [1.807, 2.05) is 4.90 Å². The second kappa shape index (κ2) is 10.1. The predicted octanol–water partition coefficient (Wildman–Crippen LogP) is 2.67. The molecule has 1 unspecified atom stereocenters. The van der Waals surface area contributed by atoms with Crippen LogP contribution in [0.4, 0.5) is 5.69 Å². The fourth-order valence-electron chi connectivity index (χ4n) is 3.60. The first-order valence-electron chi connectivity index (χ1n) is 9.58. The van der Waals surface area contributed by atoms with Crippen molar-refractivity contribution in [1.82, 2.24) is 4.90 Å². The van der Waals surface area contributed by atoms with E-state index in [0.717, 1.165) is 38.8 Å². The molecule has 2 aliphatic heterocycles. The van der Waals surface area contributed by atoms with Crippen LogP contribution in [0, 0.1) is 11.8 Å². The summed E-state index contributed by atoms with van der Waals surface area (Å²) in [6.07, 6.45) is 3.75. The fraction of sp³-hybridized carbons (Fsp3) is 0.600. The lowest BCUT2D eigenvalue weighted by molar-refractivity contribution is -0.119. The standard InChI is InChI=1S/C20H29N3O3.ClH/c1-14-6-10-23(11-7-14)20(25)16-2-4-17(5-3-16)22-19(24)18(21)15-8-12-26-13-9-15;/h2-5,14-15,18H,6-13,21H2,1H3,(H,22,24);1H. The van der Waals surface area contributed by atoms with Gasteiger partial charge in [0.15, 0.2) is 0 Å². The van der Waals surface area contributed by atoms with Crippen LogP contribution in [0.2, 0.25) is 0 Å². The van der Waals surface area contributed by atoms with Gasteiger partial charge in [0.05, 0.1) is 6.04 Å². The summed E-state index contributed by atoms with van der Waals surface area (Å²) >= 11 is 0. The zero-order chi connectivity index (χ0) is 18.5. The van der Waals surface area contributed by atoms with Crippen LogP contribution >= 0.6 is 12.4 Å². The summed E-state index contributed by atoms with van der Waals surface area (Å²) in [7, 11) is 0. The number of nitrogens with zero attached hydrogens (tertiary/aromatic N) is 1. The number of carbonyl (C=O) groups is 2. The molecule has 2 amide bonds. The van der Waals surface area contributed by atoms with E-state index < -0.39 is 6.04 Å². The molecular weight excluding hydrogens is 366 g/mol. The summed E-state index contributed by atoms with van der Waals surface area (Å²) in [6, 6.07) is 6.56. The van der Waals surface area contributed by atoms with Crippen LogP contribution in [0.1, 0.15) is 43.0 Å². The van der Waals surface area contributed by atoms with Crippen LogP contribution in [0.25, 0.3) is 0 Å². The quantitative estimate of drug-likeness (QED) is 0.820. The summed E-state index contributed by atoms with van der Waals surface area (Å²) in [5, 5.41) is 2.86. The topological polar surface area (TPSA) is 84.7 Å². The number of nitrogens with two attached hydrogens (primary N) is 1. The molecule has 2 heterocycles. The normalized spacial score (nSPS) is 19.9. The highest BCUT2D eigenvalue weighted by molar-refractivity contribution is 5.97. The summed E-state index contributed by atoms with van der Waals surface area (Å²) in [6.45, 7) is 5.19. The van der Waals surface area contributed by atoms with Crippen molar-refractivity contribution < 1.29 is 14.3 Å². The van der Waals surface area contributed by atoms with Crippen molar-refractivity contribution in [2.75, 3.05) is 31.6 Å². The van der Waals surface area contributed by atoms with Crippen molar-refractivity contribution in [3.05, 3.63) is 29.8 Å². The number of ether oxygens (including phenoxy) is 1. The van der Waals surface area contributed by atoms with Gasteiger partial charge in [0.1, 0.15) is 0 Å². The minimum Gasteiger partial charge on any atom is -0.381 e. The van der Waals surface area contributed by atoms with Crippen LogP contribution in [-0.4, -0.2) is 49.1 Å². The molecule has 2 saturated heterocycles. The predicted molar refractivity (Wildman–Crippen MR) is 108 cm³/mol. The van der Waals surface area contributed by atoms with Crippen molar-refractivity contribution >= 4 is 29.9 Å². The van der Waals surface area contributed by atoms with Crippen LogP contribution < -0.4 is 11.1 Å². The van der Waals surface area contributed by atoms with Gasteiger partial charge in [-0.1, -0.05) is 6.92 Å². The van der Waals surface area contributed by atoms with Gasteiger partial charge in [-0.05, 0) is 61.8 Å². The Bertz CT molecular complexity index is 624. The van der Waals surface area contributed by atoms with Crippen LogP contribution in [0.5, 0.6) is 0 Å². The molecule has 3 rings (SSSR count). The number of likely N-dealkylation sites (tertiary alicyclic amines) is 1. The number of piperidine rings is 1. The molecule has 6 nitrogen and oxygen atoms in total. The van der Waals surface area contributed by atoms with E-state index in [4.69, 9.17) is 10.5 Å². The van der Waals surface area contributed by atoms with E-state index in [1.54, 1.807) is 24.3 Å². The van der Waals surface area contributed by atoms with Crippen LogP contribution in [0.3, 0.4) is 0 Å². The van der Waals surface area contributed by atoms with E-state index in [0.29, 0.717) is 30.4 Å². The monoisotopic (exact) mass is 395 g/mol. The Morgan fingerprint density at radius 3 is 2.30 bits per heavy atom. The maximum Gasteiger partial charge on any atom is 0.253 e. The molecule has 0 bridgehead atoms. The van der Waals surface area contributed by atoms with Gasteiger partial charge in [-0.3, -0.25) is 9.59 Å². The number of anilines is 1. The molecule has 1 aromatic rings. The SMILES string of the molecule is CC1CCN(C(=O)c2ccc(NC(=O)C(N)C3CCOCC3)cc2)CC1.Cl. The second-order valence-electron chi connectivity index (χ2n) is 7.52. The molecule has 1 atom stereocenters. The van der Waals surface area contributed by atoms with Gasteiger partial charge >= 0.3 is 0 Å². The highest BCUT2D eigenvalue weighted by atomic mass is 35.5. The zero-order valence-electron chi connectivity index (χ0n) is 15.9.